The van der Waals surface area contributed by atoms with E-state index in [1.54, 1.807) is 31.4 Å². The Balaban J connectivity index is 1.32. The number of unbranched alkanes of at least 4 members (excludes halogenated alkanes) is 1. The molecule has 0 radical (unpaired) electrons. The van der Waals surface area contributed by atoms with Gasteiger partial charge in [-0.05, 0) is 84.3 Å². The number of methoxy groups -OCH3 is 1. The first kappa shape index (κ1) is 36.0. The van der Waals surface area contributed by atoms with E-state index in [4.69, 9.17) is 10.5 Å². The van der Waals surface area contributed by atoms with Crippen LogP contribution in [0, 0.1) is 0 Å². The van der Waals surface area contributed by atoms with E-state index < -0.39 is 17.6 Å². The topological polar surface area (TPSA) is 126 Å². The van der Waals surface area contributed by atoms with Crippen molar-refractivity contribution in [2.75, 3.05) is 19.0 Å². The number of carbonyl (C=O) groups excluding carboxylic acids is 2. The molecule has 8 nitrogen and oxygen atoms in total. The monoisotopic (exact) mass is 670 g/mol. The maximum atomic E-state index is 13.6. The minimum absolute atomic E-state index is 0.0887. The summed E-state index contributed by atoms with van der Waals surface area (Å²) in [5, 5.41) is 19.1. The van der Waals surface area contributed by atoms with Crippen molar-refractivity contribution in [1.82, 2.24) is 10.6 Å². The molecule has 5 aromatic rings. The quantitative estimate of drug-likeness (QED) is 0.0617. The van der Waals surface area contributed by atoms with Gasteiger partial charge in [-0.15, -0.1) is 0 Å². The molecule has 0 unspecified atom stereocenters. The number of hydrogen-bond donors (Lipinski definition) is 5. The molecule has 0 aliphatic carbocycles. The molecular weight excluding hydrogens is 624 g/mol. The van der Waals surface area contributed by atoms with Crippen LogP contribution in [0.1, 0.15) is 47.1 Å². The first-order valence-corrected chi connectivity index (χ1v) is 17.0. The molecule has 0 saturated heterocycles. The van der Waals surface area contributed by atoms with Crippen LogP contribution in [0.15, 0.2) is 140 Å². The Kier molecular flexibility index (Phi) is 12.9. The van der Waals surface area contributed by atoms with Gasteiger partial charge in [0.25, 0.3) is 0 Å². The Hall–Kier alpha value is -5.28. The summed E-state index contributed by atoms with van der Waals surface area (Å²) >= 11 is 0. The molecule has 0 aliphatic heterocycles. The van der Waals surface area contributed by atoms with Gasteiger partial charge in [0.15, 0.2) is 0 Å². The third kappa shape index (κ3) is 9.24. The number of hydrogen-bond acceptors (Lipinski definition) is 6. The lowest BCUT2D eigenvalue weighted by Crippen LogP contribution is -2.50. The molecule has 2 amide bonds. The van der Waals surface area contributed by atoms with E-state index in [1.807, 2.05) is 78.9 Å². The summed E-state index contributed by atoms with van der Waals surface area (Å²) in [6.45, 7) is 0.544. The van der Waals surface area contributed by atoms with E-state index in [9.17, 15) is 14.7 Å². The van der Waals surface area contributed by atoms with Crippen LogP contribution in [0.2, 0.25) is 0 Å². The van der Waals surface area contributed by atoms with Gasteiger partial charge >= 0.3 is 0 Å². The van der Waals surface area contributed by atoms with Crippen LogP contribution in [0.5, 0.6) is 5.75 Å². The number of nitrogens with two attached hydrogens (primary N) is 1. The number of aliphatic hydroxyl groups excluding tert-OH is 1. The Bertz CT molecular complexity index is 1730. The lowest BCUT2D eigenvalue weighted by Gasteiger charge is -2.37. The van der Waals surface area contributed by atoms with Crippen LogP contribution in [-0.4, -0.2) is 42.7 Å². The highest BCUT2D eigenvalue weighted by molar-refractivity contribution is 5.97. The van der Waals surface area contributed by atoms with Gasteiger partial charge < -0.3 is 26.2 Å². The van der Waals surface area contributed by atoms with Crippen molar-refractivity contribution in [3.63, 3.8) is 0 Å². The lowest BCUT2D eigenvalue weighted by molar-refractivity contribution is -0.127. The zero-order valence-electron chi connectivity index (χ0n) is 28.4. The number of ether oxygens (including phenoxy) is 1. The molecule has 258 valence electrons. The SMILES string of the molecule is COc1ccc(C(NCCCC[C@H](NC(=O)[C@@H](N)Cc2ccccc2)C(=O)Nc2ccc(CO)cc2)(c2ccccc2)c2ccccc2)cc1. The number of nitrogens with one attached hydrogen (secondary N) is 3. The number of anilines is 1. The van der Waals surface area contributed by atoms with Crippen molar-refractivity contribution in [1.29, 1.82) is 0 Å². The minimum atomic E-state index is -0.805. The molecule has 2 atom stereocenters. The molecule has 0 aliphatic rings. The first-order chi connectivity index (χ1) is 24.4. The molecule has 8 heteroatoms. The third-order valence-corrected chi connectivity index (χ3v) is 8.92. The van der Waals surface area contributed by atoms with Crippen molar-refractivity contribution in [3.05, 3.63) is 167 Å². The molecule has 0 spiro atoms. The van der Waals surface area contributed by atoms with Gasteiger partial charge in [-0.1, -0.05) is 115 Å². The molecular formula is C42H46N4O4. The van der Waals surface area contributed by atoms with Crippen molar-refractivity contribution in [2.45, 2.75) is 49.9 Å². The third-order valence-electron chi connectivity index (χ3n) is 8.92. The molecule has 0 saturated carbocycles. The van der Waals surface area contributed by atoms with Crippen LogP contribution < -0.4 is 26.4 Å². The van der Waals surface area contributed by atoms with E-state index in [1.165, 1.54) is 0 Å². The van der Waals surface area contributed by atoms with Crippen LogP contribution in [0.3, 0.4) is 0 Å². The van der Waals surface area contributed by atoms with Gasteiger partial charge in [-0.2, -0.15) is 0 Å². The summed E-state index contributed by atoms with van der Waals surface area (Å²) in [6.07, 6.45) is 2.17. The maximum absolute atomic E-state index is 13.6. The van der Waals surface area contributed by atoms with Gasteiger partial charge in [0.1, 0.15) is 11.8 Å². The average molecular weight is 671 g/mol. The highest BCUT2D eigenvalue weighted by Crippen LogP contribution is 2.37. The van der Waals surface area contributed by atoms with Gasteiger partial charge in [0.2, 0.25) is 11.8 Å². The predicted molar refractivity (Wildman–Crippen MR) is 199 cm³/mol. The standard InChI is InChI=1S/C42H46N4O4/c1-50-37-26-22-35(23-27-37)42(33-15-7-3-8-16-33,34-17-9-4-10-18-34)44-28-12-11-19-39(41(49)45-36-24-20-32(30-47)21-25-36)46-40(48)38(43)29-31-13-5-2-6-14-31/h2-10,13-18,20-27,38-39,44,47H,11-12,19,28-30,43H2,1H3,(H,45,49)(H,46,48)/t38-,39-/m0/s1. The van der Waals surface area contributed by atoms with E-state index in [-0.39, 0.29) is 18.4 Å². The van der Waals surface area contributed by atoms with Gasteiger partial charge in [-0.3, -0.25) is 14.9 Å². The highest BCUT2D eigenvalue weighted by Gasteiger charge is 2.35. The van der Waals surface area contributed by atoms with E-state index >= 15 is 0 Å². The Morgan fingerprint density at radius 3 is 1.82 bits per heavy atom. The average Bonchev–Trinajstić information content (AvgIpc) is 3.17. The van der Waals surface area contributed by atoms with E-state index in [0.717, 1.165) is 40.0 Å². The number of amides is 2. The fourth-order valence-corrected chi connectivity index (χ4v) is 6.20. The first-order valence-electron chi connectivity index (χ1n) is 17.0. The van der Waals surface area contributed by atoms with Crippen LogP contribution in [0.25, 0.3) is 0 Å². The number of benzene rings is 5. The fourth-order valence-electron chi connectivity index (χ4n) is 6.20. The zero-order chi connectivity index (χ0) is 35.2. The number of rotatable bonds is 17. The molecule has 5 rings (SSSR count). The van der Waals surface area contributed by atoms with Gasteiger partial charge in [0, 0.05) is 5.69 Å². The van der Waals surface area contributed by atoms with Crippen molar-refractivity contribution in [2.24, 2.45) is 5.73 Å². The summed E-state index contributed by atoms with van der Waals surface area (Å²) in [6, 6.07) is 43.8. The van der Waals surface area contributed by atoms with Gasteiger partial charge in [-0.25, -0.2) is 0 Å². The number of aliphatic hydroxyl groups is 1. The Labute approximate surface area is 294 Å². The summed E-state index contributed by atoms with van der Waals surface area (Å²) < 4.78 is 5.47. The zero-order valence-corrected chi connectivity index (χ0v) is 28.4. The molecule has 5 aromatic carbocycles. The van der Waals surface area contributed by atoms with Crippen LogP contribution >= 0.6 is 0 Å². The molecule has 50 heavy (non-hydrogen) atoms. The van der Waals surface area contributed by atoms with Crippen molar-refractivity contribution < 1.29 is 19.4 Å². The number of carbonyl (C=O) groups is 2. The van der Waals surface area contributed by atoms with Gasteiger partial charge in [0.05, 0.1) is 25.3 Å². The summed E-state index contributed by atoms with van der Waals surface area (Å²) in [7, 11) is 1.66. The second-order valence-corrected chi connectivity index (χ2v) is 12.3. The summed E-state index contributed by atoms with van der Waals surface area (Å²) in [5.74, 6) is 0.0773. The fraction of sp³-hybridized carbons (Fsp3) is 0.238. The van der Waals surface area contributed by atoms with E-state index in [0.29, 0.717) is 31.5 Å². The van der Waals surface area contributed by atoms with E-state index in [2.05, 4.69) is 52.3 Å². The second-order valence-electron chi connectivity index (χ2n) is 12.3. The molecule has 0 fully saturated rings. The van der Waals surface area contributed by atoms with Crippen molar-refractivity contribution in [3.8, 4) is 5.75 Å². The maximum Gasteiger partial charge on any atom is 0.246 e. The smallest absolute Gasteiger partial charge is 0.246 e. The Morgan fingerprint density at radius 2 is 1.26 bits per heavy atom. The lowest BCUT2D eigenvalue weighted by atomic mass is 9.77. The minimum Gasteiger partial charge on any atom is -0.497 e. The summed E-state index contributed by atoms with van der Waals surface area (Å²) in [4.78, 5) is 26.8. The molecule has 0 heterocycles. The highest BCUT2D eigenvalue weighted by atomic mass is 16.5. The van der Waals surface area contributed by atoms with Crippen LogP contribution in [0.4, 0.5) is 5.69 Å². The normalized spacial score (nSPS) is 12.5. The second kappa shape index (κ2) is 17.9. The Morgan fingerprint density at radius 1 is 0.700 bits per heavy atom. The predicted octanol–water partition coefficient (Wildman–Crippen LogP) is 5.93. The summed E-state index contributed by atoms with van der Waals surface area (Å²) in [5.41, 5.74) is 11.2. The van der Waals surface area contributed by atoms with Crippen molar-refractivity contribution >= 4 is 17.5 Å². The molecule has 0 bridgehead atoms. The largest absolute Gasteiger partial charge is 0.497 e. The van der Waals surface area contributed by atoms with Crippen LogP contribution in [-0.2, 0) is 28.2 Å². The molecule has 6 N–H and O–H groups in total. The molecule has 0 aromatic heterocycles.